The summed E-state index contributed by atoms with van der Waals surface area (Å²) in [6, 6.07) is 8.94. The van der Waals surface area contributed by atoms with Crippen molar-refractivity contribution in [3.05, 3.63) is 24.3 Å². The number of nitrogens with one attached hydrogen (secondary N) is 2. The van der Waals surface area contributed by atoms with Crippen LogP contribution in [0.2, 0.25) is 0 Å². The fraction of sp³-hybridized carbons (Fsp3) is 0.438. The van der Waals surface area contributed by atoms with E-state index in [4.69, 9.17) is 0 Å². The molecule has 0 aliphatic heterocycles. The topological polar surface area (TPSA) is 66.9 Å². The van der Waals surface area contributed by atoms with Gasteiger partial charge in [0.25, 0.3) is 0 Å². The fourth-order valence-electron chi connectivity index (χ4n) is 2.28. The number of fused-ring (bicyclic) bond motifs is 1. The molecule has 0 atom stereocenters. The lowest BCUT2D eigenvalue weighted by Gasteiger charge is -2.10. The Labute approximate surface area is 133 Å². The van der Waals surface area contributed by atoms with Crippen LogP contribution in [-0.2, 0) is 4.79 Å². The zero-order valence-corrected chi connectivity index (χ0v) is 13.0. The minimum absolute atomic E-state index is 0.0703. The van der Waals surface area contributed by atoms with Gasteiger partial charge in [-0.1, -0.05) is 23.9 Å². The number of nitrogens with zero attached hydrogens (tertiary/aromatic N) is 2. The average molecular weight is 314 g/mol. The Kier molecular flexibility index (Phi) is 3.62. The van der Waals surface area contributed by atoms with Crippen molar-refractivity contribution in [2.75, 3.05) is 11.1 Å². The van der Waals surface area contributed by atoms with Crippen LogP contribution in [0.5, 0.6) is 0 Å². The Morgan fingerprint density at radius 1 is 1.14 bits per heavy atom. The van der Waals surface area contributed by atoms with Gasteiger partial charge in [-0.25, -0.2) is 9.97 Å². The highest BCUT2D eigenvalue weighted by molar-refractivity contribution is 7.99. The molecule has 5 nitrogen and oxygen atoms in total. The summed E-state index contributed by atoms with van der Waals surface area (Å²) in [5.41, 5.74) is 0.922. The lowest BCUT2D eigenvalue weighted by atomic mass is 10.2. The Balaban J connectivity index is 1.52. The van der Waals surface area contributed by atoms with E-state index in [9.17, 15) is 4.79 Å². The molecule has 2 aromatic rings. The second-order valence-electron chi connectivity index (χ2n) is 5.92. The number of rotatable bonds is 6. The Morgan fingerprint density at radius 3 is 2.68 bits per heavy atom. The summed E-state index contributed by atoms with van der Waals surface area (Å²) < 4.78 is 0. The molecule has 2 saturated carbocycles. The third-order valence-electron chi connectivity index (χ3n) is 3.78. The van der Waals surface area contributed by atoms with E-state index in [1.807, 2.05) is 24.3 Å². The molecule has 0 unspecified atom stereocenters. The normalized spacial score (nSPS) is 17.5. The molecule has 1 heterocycles. The van der Waals surface area contributed by atoms with Crippen LogP contribution in [0, 0.1) is 0 Å². The number of amides is 1. The fourth-order valence-corrected chi connectivity index (χ4v) is 2.94. The molecule has 1 aromatic heterocycles. The molecule has 1 aromatic carbocycles. The van der Waals surface area contributed by atoms with Crippen molar-refractivity contribution in [2.45, 2.75) is 42.9 Å². The molecule has 0 radical (unpaired) electrons. The number of thioether (sulfide) groups is 1. The van der Waals surface area contributed by atoms with Crippen LogP contribution in [0.4, 0.5) is 5.82 Å². The molecule has 2 N–H and O–H groups in total. The molecule has 0 spiro atoms. The largest absolute Gasteiger partial charge is 0.367 e. The maximum absolute atomic E-state index is 11.8. The molecule has 0 bridgehead atoms. The van der Waals surface area contributed by atoms with E-state index in [1.165, 1.54) is 24.6 Å². The van der Waals surface area contributed by atoms with Crippen molar-refractivity contribution < 1.29 is 4.79 Å². The van der Waals surface area contributed by atoms with Crippen molar-refractivity contribution in [1.82, 2.24) is 15.3 Å². The van der Waals surface area contributed by atoms with Crippen LogP contribution in [0.25, 0.3) is 10.9 Å². The molecule has 2 aliphatic carbocycles. The highest BCUT2D eigenvalue weighted by atomic mass is 32.2. The number of benzene rings is 1. The van der Waals surface area contributed by atoms with Gasteiger partial charge in [-0.05, 0) is 37.8 Å². The summed E-state index contributed by atoms with van der Waals surface area (Å²) in [5, 5.41) is 8.15. The van der Waals surface area contributed by atoms with E-state index >= 15 is 0 Å². The first-order chi connectivity index (χ1) is 10.8. The van der Waals surface area contributed by atoms with Gasteiger partial charge in [-0.3, -0.25) is 4.79 Å². The quantitative estimate of drug-likeness (QED) is 0.633. The molecule has 2 aliphatic rings. The van der Waals surface area contributed by atoms with Gasteiger partial charge in [0, 0.05) is 17.5 Å². The summed E-state index contributed by atoms with van der Waals surface area (Å²) in [5.74, 6) is 1.33. The number of para-hydroxylation sites is 1. The van der Waals surface area contributed by atoms with Gasteiger partial charge in [0.05, 0.1) is 11.3 Å². The first-order valence-corrected chi connectivity index (χ1v) is 8.72. The van der Waals surface area contributed by atoms with Gasteiger partial charge >= 0.3 is 0 Å². The van der Waals surface area contributed by atoms with E-state index < -0.39 is 0 Å². The molecule has 2 fully saturated rings. The third-order valence-corrected chi connectivity index (χ3v) is 4.62. The zero-order chi connectivity index (χ0) is 14.9. The van der Waals surface area contributed by atoms with Gasteiger partial charge in [0.1, 0.15) is 5.82 Å². The second-order valence-corrected chi connectivity index (χ2v) is 6.86. The standard InChI is InChI=1S/C16H18N4OS/c21-14(17-10-5-6-10)9-22-16-19-13-4-2-1-3-12(13)15(20-16)18-11-7-8-11/h1-4,10-11H,5-9H2,(H,17,21)(H,18,19,20). The molecule has 4 rings (SSSR count). The Morgan fingerprint density at radius 2 is 1.91 bits per heavy atom. The second kappa shape index (κ2) is 5.76. The summed E-state index contributed by atoms with van der Waals surface area (Å²) in [6.07, 6.45) is 4.62. The van der Waals surface area contributed by atoms with Crippen LogP contribution >= 0.6 is 11.8 Å². The molecular formula is C16H18N4OS. The lowest BCUT2D eigenvalue weighted by molar-refractivity contribution is -0.118. The van der Waals surface area contributed by atoms with E-state index in [2.05, 4.69) is 20.6 Å². The molecular weight excluding hydrogens is 296 g/mol. The van der Waals surface area contributed by atoms with Crippen LogP contribution in [-0.4, -0.2) is 33.7 Å². The monoisotopic (exact) mass is 314 g/mol. The van der Waals surface area contributed by atoms with Crippen molar-refractivity contribution in [3.8, 4) is 0 Å². The predicted molar refractivity (Wildman–Crippen MR) is 88.1 cm³/mol. The lowest BCUT2D eigenvalue weighted by Crippen LogP contribution is -2.27. The number of carbonyl (C=O) groups is 1. The predicted octanol–water partition coefficient (Wildman–Crippen LogP) is 2.57. The summed E-state index contributed by atoms with van der Waals surface area (Å²) in [6.45, 7) is 0. The van der Waals surface area contributed by atoms with Crippen LogP contribution in [0.15, 0.2) is 29.4 Å². The number of aromatic nitrogens is 2. The maximum atomic E-state index is 11.8. The highest BCUT2D eigenvalue weighted by Gasteiger charge is 2.24. The summed E-state index contributed by atoms with van der Waals surface area (Å²) in [4.78, 5) is 21.0. The minimum atomic E-state index is 0.0703. The molecule has 22 heavy (non-hydrogen) atoms. The molecule has 0 saturated heterocycles. The first-order valence-electron chi connectivity index (χ1n) is 7.73. The van der Waals surface area contributed by atoms with Crippen molar-refractivity contribution >= 4 is 34.4 Å². The highest BCUT2D eigenvalue weighted by Crippen LogP contribution is 2.29. The van der Waals surface area contributed by atoms with E-state index in [-0.39, 0.29) is 5.91 Å². The number of hydrogen-bond acceptors (Lipinski definition) is 5. The van der Waals surface area contributed by atoms with Crippen LogP contribution in [0.1, 0.15) is 25.7 Å². The smallest absolute Gasteiger partial charge is 0.230 e. The Hall–Kier alpha value is -1.82. The Bertz CT molecular complexity index is 712. The van der Waals surface area contributed by atoms with E-state index in [0.717, 1.165) is 29.6 Å². The van der Waals surface area contributed by atoms with Gasteiger partial charge < -0.3 is 10.6 Å². The minimum Gasteiger partial charge on any atom is -0.367 e. The van der Waals surface area contributed by atoms with Crippen molar-refractivity contribution in [3.63, 3.8) is 0 Å². The van der Waals surface area contributed by atoms with E-state index in [1.54, 1.807) is 0 Å². The summed E-state index contributed by atoms with van der Waals surface area (Å²) >= 11 is 1.40. The molecule has 1 amide bonds. The molecule has 114 valence electrons. The van der Waals surface area contributed by atoms with Crippen LogP contribution in [0.3, 0.4) is 0 Å². The zero-order valence-electron chi connectivity index (χ0n) is 12.2. The van der Waals surface area contributed by atoms with Gasteiger partial charge in [0.15, 0.2) is 5.16 Å². The number of anilines is 1. The number of carbonyl (C=O) groups excluding carboxylic acids is 1. The van der Waals surface area contributed by atoms with Crippen molar-refractivity contribution in [1.29, 1.82) is 0 Å². The van der Waals surface area contributed by atoms with Gasteiger partial charge in [0.2, 0.25) is 5.91 Å². The van der Waals surface area contributed by atoms with Gasteiger partial charge in [-0.2, -0.15) is 0 Å². The summed E-state index contributed by atoms with van der Waals surface area (Å²) in [7, 11) is 0. The van der Waals surface area contributed by atoms with E-state index in [0.29, 0.717) is 23.0 Å². The number of hydrogen-bond donors (Lipinski definition) is 2. The maximum Gasteiger partial charge on any atom is 0.230 e. The molecule has 6 heteroatoms. The SMILES string of the molecule is O=C(CSc1nc(NC2CC2)c2ccccc2n1)NC1CC1. The van der Waals surface area contributed by atoms with Crippen LogP contribution < -0.4 is 10.6 Å². The average Bonchev–Trinajstić information content (AvgIpc) is 3.42. The van der Waals surface area contributed by atoms with Gasteiger partial charge in [-0.15, -0.1) is 0 Å². The first kappa shape index (κ1) is 13.8. The van der Waals surface area contributed by atoms with Crippen molar-refractivity contribution in [2.24, 2.45) is 0 Å². The third kappa shape index (κ3) is 3.32.